The summed E-state index contributed by atoms with van der Waals surface area (Å²) in [4.78, 5) is 2.50. The van der Waals surface area contributed by atoms with E-state index in [4.69, 9.17) is 4.74 Å². The smallest absolute Gasteiger partial charge is 0.0589 e. The van der Waals surface area contributed by atoms with Crippen LogP contribution in [0.4, 0.5) is 0 Å². The van der Waals surface area contributed by atoms with E-state index in [2.05, 4.69) is 68.2 Å². The average Bonchev–Trinajstić information content (AvgIpc) is 2.44. The first kappa shape index (κ1) is 18.1. The molecule has 0 saturated carbocycles. The molecule has 0 aliphatic carbocycles. The quantitative estimate of drug-likeness (QED) is 0.755. The summed E-state index contributed by atoms with van der Waals surface area (Å²) in [6.07, 6.45) is 0. The Labute approximate surface area is 130 Å². The second-order valence-electron chi connectivity index (χ2n) is 6.68. The maximum atomic E-state index is 5.25. The van der Waals surface area contributed by atoms with E-state index in [0.717, 1.165) is 19.7 Å². The molecule has 0 amide bonds. The molecular formula is C18H32N2O. The van der Waals surface area contributed by atoms with Crippen molar-refractivity contribution >= 4 is 0 Å². The van der Waals surface area contributed by atoms with Crippen molar-refractivity contribution in [1.82, 2.24) is 10.2 Å². The molecule has 1 aromatic carbocycles. The number of hydrogen-bond acceptors (Lipinski definition) is 3. The van der Waals surface area contributed by atoms with E-state index in [-0.39, 0.29) is 5.41 Å². The minimum Gasteiger partial charge on any atom is -0.383 e. The summed E-state index contributed by atoms with van der Waals surface area (Å²) in [6, 6.07) is 11.6. The van der Waals surface area contributed by atoms with Crippen LogP contribution in [0.1, 0.15) is 39.3 Å². The van der Waals surface area contributed by atoms with E-state index in [0.29, 0.717) is 12.1 Å². The van der Waals surface area contributed by atoms with Gasteiger partial charge in [-0.1, -0.05) is 44.2 Å². The van der Waals surface area contributed by atoms with Crippen LogP contribution in [0.5, 0.6) is 0 Å². The highest BCUT2D eigenvalue weighted by molar-refractivity contribution is 5.21. The third-order valence-corrected chi connectivity index (χ3v) is 4.13. The summed E-state index contributed by atoms with van der Waals surface area (Å²) in [6.45, 7) is 12.0. The Bertz CT molecular complexity index is 389. The summed E-state index contributed by atoms with van der Waals surface area (Å²) < 4.78 is 5.25. The lowest BCUT2D eigenvalue weighted by Crippen LogP contribution is -2.45. The van der Waals surface area contributed by atoms with Crippen molar-refractivity contribution in [2.45, 2.75) is 39.8 Å². The first-order chi connectivity index (χ1) is 9.92. The van der Waals surface area contributed by atoms with Gasteiger partial charge in [0.1, 0.15) is 0 Å². The predicted molar refractivity (Wildman–Crippen MR) is 90.6 cm³/mol. The molecule has 0 bridgehead atoms. The van der Waals surface area contributed by atoms with Gasteiger partial charge >= 0.3 is 0 Å². The highest BCUT2D eigenvalue weighted by Gasteiger charge is 2.32. The summed E-state index contributed by atoms with van der Waals surface area (Å²) >= 11 is 0. The van der Waals surface area contributed by atoms with Crippen molar-refractivity contribution in [3.8, 4) is 0 Å². The Kier molecular flexibility index (Phi) is 7.36. The maximum Gasteiger partial charge on any atom is 0.0589 e. The minimum atomic E-state index is 0.133. The second-order valence-corrected chi connectivity index (χ2v) is 6.68. The first-order valence-corrected chi connectivity index (χ1v) is 7.87. The van der Waals surface area contributed by atoms with Gasteiger partial charge in [0.15, 0.2) is 0 Å². The number of methoxy groups -OCH3 is 1. The first-order valence-electron chi connectivity index (χ1n) is 7.87. The van der Waals surface area contributed by atoms with Crippen molar-refractivity contribution in [2.24, 2.45) is 5.41 Å². The Morgan fingerprint density at radius 1 is 1.19 bits per heavy atom. The van der Waals surface area contributed by atoms with Crippen molar-refractivity contribution in [1.29, 1.82) is 0 Å². The third-order valence-electron chi connectivity index (χ3n) is 4.13. The van der Waals surface area contributed by atoms with Crippen LogP contribution < -0.4 is 5.32 Å². The van der Waals surface area contributed by atoms with Gasteiger partial charge in [-0.05, 0) is 31.9 Å². The SMILES string of the molecule is CNC(c1ccccc1)C(C)(C)CN(CCOC)C(C)C. The molecule has 0 saturated heterocycles. The van der Waals surface area contributed by atoms with Crippen LogP contribution >= 0.6 is 0 Å². The summed E-state index contributed by atoms with van der Waals surface area (Å²) in [5, 5.41) is 3.50. The monoisotopic (exact) mass is 292 g/mol. The Morgan fingerprint density at radius 3 is 2.29 bits per heavy atom. The van der Waals surface area contributed by atoms with Crippen molar-refractivity contribution in [2.75, 3.05) is 33.9 Å². The van der Waals surface area contributed by atoms with Gasteiger partial charge in [-0.2, -0.15) is 0 Å². The van der Waals surface area contributed by atoms with E-state index in [1.54, 1.807) is 7.11 Å². The molecule has 0 spiro atoms. The van der Waals surface area contributed by atoms with E-state index in [9.17, 15) is 0 Å². The number of hydrogen-bond donors (Lipinski definition) is 1. The van der Waals surface area contributed by atoms with Crippen LogP contribution in [-0.4, -0.2) is 44.8 Å². The van der Waals surface area contributed by atoms with Gasteiger partial charge in [0, 0.05) is 32.3 Å². The molecule has 0 aliphatic rings. The van der Waals surface area contributed by atoms with E-state index in [1.165, 1.54) is 5.56 Å². The highest BCUT2D eigenvalue weighted by Crippen LogP contribution is 2.34. The van der Waals surface area contributed by atoms with Crippen molar-refractivity contribution < 1.29 is 4.74 Å². The average molecular weight is 292 g/mol. The van der Waals surface area contributed by atoms with Crippen molar-refractivity contribution in [3.63, 3.8) is 0 Å². The van der Waals surface area contributed by atoms with Crippen LogP contribution in [0.2, 0.25) is 0 Å². The van der Waals surface area contributed by atoms with Crippen molar-refractivity contribution in [3.05, 3.63) is 35.9 Å². The zero-order valence-electron chi connectivity index (χ0n) is 14.5. The molecule has 1 rings (SSSR count). The number of rotatable bonds is 9. The highest BCUT2D eigenvalue weighted by atomic mass is 16.5. The second kappa shape index (κ2) is 8.52. The topological polar surface area (TPSA) is 24.5 Å². The van der Waals surface area contributed by atoms with Crippen LogP contribution in [-0.2, 0) is 4.74 Å². The number of nitrogens with one attached hydrogen (secondary N) is 1. The Morgan fingerprint density at radius 2 is 1.81 bits per heavy atom. The summed E-state index contributed by atoms with van der Waals surface area (Å²) in [7, 11) is 3.82. The summed E-state index contributed by atoms with van der Waals surface area (Å²) in [5.41, 5.74) is 1.48. The third kappa shape index (κ3) is 5.42. The Hall–Kier alpha value is -0.900. The van der Waals surface area contributed by atoms with E-state index >= 15 is 0 Å². The summed E-state index contributed by atoms with van der Waals surface area (Å²) in [5.74, 6) is 0. The van der Waals surface area contributed by atoms with Gasteiger partial charge in [0.05, 0.1) is 6.61 Å². The molecule has 1 N–H and O–H groups in total. The Balaban J connectivity index is 2.85. The van der Waals surface area contributed by atoms with Crippen LogP contribution in [0.25, 0.3) is 0 Å². The predicted octanol–water partition coefficient (Wildman–Crippen LogP) is 3.33. The maximum absolute atomic E-state index is 5.25. The lowest BCUT2D eigenvalue weighted by molar-refractivity contribution is 0.0810. The fourth-order valence-corrected chi connectivity index (χ4v) is 3.00. The number of ether oxygens (including phenoxy) is 1. The molecular weight excluding hydrogens is 260 g/mol. The molecule has 0 fully saturated rings. The van der Waals surface area contributed by atoms with Gasteiger partial charge in [-0.25, -0.2) is 0 Å². The van der Waals surface area contributed by atoms with Crippen LogP contribution in [0, 0.1) is 5.41 Å². The zero-order chi connectivity index (χ0) is 15.9. The molecule has 1 atom stereocenters. The molecule has 21 heavy (non-hydrogen) atoms. The van der Waals surface area contributed by atoms with Gasteiger partial charge in [0.25, 0.3) is 0 Å². The molecule has 0 aliphatic heterocycles. The fraction of sp³-hybridized carbons (Fsp3) is 0.667. The minimum absolute atomic E-state index is 0.133. The zero-order valence-corrected chi connectivity index (χ0v) is 14.5. The van der Waals surface area contributed by atoms with E-state index in [1.807, 2.05) is 7.05 Å². The lowest BCUT2D eigenvalue weighted by atomic mass is 9.79. The van der Waals surface area contributed by atoms with Gasteiger partial charge in [-0.15, -0.1) is 0 Å². The normalized spacial score (nSPS) is 13.9. The lowest BCUT2D eigenvalue weighted by Gasteiger charge is -2.40. The molecule has 0 radical (unpaired) electrons. The molecule has 3 nitrogen and oxygen atoms in total. The molecule has 0 heterocycles. The molecule has 1 aromatic rings. The molecule has 0 aromatic heterocycles. The van der Waals surface area contributed by atoms with Crippen LogP contribution in [0.3, 0.4) is 0 Å². The molecule has 120 valence electrons. The molecule has 1 unspecified atom stereocenters. The van der Waals surface area contributed by atoms with Crippen LogP contribution in [0.15, 0.2) is 30.3 Å². The fourth-order valence-electron chi connectivity index (χ4n) is 3.00. The largest absolute Gasteiger partial charge is 0.383 e. The van der Waals surface area contributed by atoms with E-state index < -0.39 is 0 Å². The standard InChI is InChI=1S/C18H32N2O/c1-15(2)20(12-13-21-6)14-18(3,4)17(19-5)16-10-8-7-9-11-16/h7-11,15,17,19H,12-14H2,1-6H3. The van der Waals surface area contributed by atoms with Gasteiger partial charge < -0.3 is 10.1 Å². The number of nitrogens with zero attached hydrogens (tertiary/aromatic N) is 1. The van der Waals surface area contributed by atoms with Gasteiger partial charge in [0.2, 0.25) is 0 Å². The number of benzene rings is 1. The van der Waals surface area contributed by atoms with Gasteiger partial charge in [-0.3, -0.25) is 4.90 Å². The molecule has 3 heteroatoms.